The standard InChI is InChI=1S/C10H15N3/c1-4-9(3)10(11-5-2)13-8-6-7-12-13/h4,6-8H,5H2,1-3H3/b9-4-,11-10?. The van der Waals surface area contributed by atoms with Gasteiger partial charge in [-0.2, -0.15) is 5.10 Å². The van der Waals surface area contributed by atoms with Crippen molar-refractivity contribution >= 4 is 5.84 Å². The summed E-state index contributed by atoms with van der Waals surface area (Å²) in [7, 11) is 0. The molecule has 0 aliphatic rings. The molecule has 0 saturated carbocycles. The van der Waals surface area contributed by atoms with Crippen molar-refractivity contribution in [2.24, 2.45) is 4.99 Å². The van der Waals surface area contributed by atoms with Crippen molar-refractivity contribution in [1.29, 1.82) is 0 Å². The Hall–Kier alpha value is -1.38. The quantitative estimate of drug-likeness (QED) is 0.502. The minimum Gasteiger partial charge on any atom is -0.267 e. The van der Waals surface area contributed by atoms with Crippen LogP contribution in [-0.2, 0) is 0 Å². The van der Waals surface area contributed by atoms with Gasteiger partial charge in [-0.05, 0) is 32.4 Å². The lowest BCUT2D eigenvalue weighted by Gasteiger charge is -2.05. The van der Waals surface area contributed by atoms with E-state index in [1.165, 1.54) is 0 Å². The summed E-state index contributed by atoms with van der Waals surface area (Å²) >= 11 is 0. The zero-order valence-electron chi connectivity index (χ0n) is 8.36. The van der Waals surface area contributed by atoms with Crippen LogP contribution in [0.4, 0.5) is 0 Å². The normalized spacial score (nSPS) is 13.5. The lowest BCUT2D eigenvalue weighted by molar-refractivity contribution is 0.913. The Bertz CT molecular complexity index is 307. The van der Waals surface area contributed by atoms with Gasteiger partial charge in [0.25, 0.3) is 0 Å². The maximum absolute atomic E-state index is 4.39. The zero-order valence-corrected chi connectivity index (χ0v) is 8.36. The summed E-state index contributed by atoms with van der Waals surface area (Å²) < 4.78 is 1.79. The van der Waals surface area contributed by atoms with E-state index < -0.39 is 0 Å². The van der Waals surface area contributed by atoms with Crippen LogP contribution in [0.25, 0.3) is 0 Å². The Labute approximate surface area is 78.8 Å². The van der Waals surface area contributed by atoms with Crippen LogP contribution < -0.4 is 0 Å². The monoisotopic (exact) mass is 177 g/mol. The third-order valence-electron chi connectivity index (χ3n) is 1.82. The Morgan fingerprint density at radius 2 is 2.38 bits per heavy atom. The molecule has 0 aromatic carbocycles. The van der Waals surface area contributed by atoms with Crippen LogP contribution >= 0.6 is 0 Å². The van der Waals surface area contributed by atoms with E-state index in [0.29, 0.717) is 0 Å². The lowest BCUT2D eigenvalue weighted by Crippen LogP contribution is -2.14. The summed E-state index contributed by atoms with van der Waals surface area (Å²) in [6, 6.07) is 1.90. The minimum atomic E-state index is 0.778. The van der Waals surface area contributed by atoms with Crippen LogP contribution in [0.15, 0.2) is 35.1 Å². The fourth-order valence-electron chi connectivity index (χ4n) is 1.05. The molecule has 13 heavy (non-hydrogen) atoms. The van der Waals surface area contributed by atoms with Crippen LogP contribution in [0.5, 0.6) is 0 Å². The van der Waals surface area contributed by atoms with Crippen LogP contribution in [0, 0.1) is 0 Å². The summed E-state index contributed by atoms with van der Waals surface area (Å²) in [5, 5.41) is 4.15. The molecule has 1 aromatic rings. The number of hydrogen-bond donors (Lipinski definition) is 0. The highest BCUT2D eigenvalue weighted by Crippen LogP contribution is 2.00. The van der Waals surface area contributed by atoms with E-state index in [9.17, 15) is 0 Å². The molecule has 0 N–H and O–H groups in total. The maximum atomic E-state index is 4.39. The van der Waals surface area contributed by atoms with E-state index in [4.69, 9.17) is 0 Å². The molecule has 0 atom stereocenters. The molecule has 0 spiro atoms. The van der Waals surface area contributed by atoms with Crippen molar-refractivity contribution < 1.29 is 0 Å². The second kappa shape index (κ2) is 4.60. The number of allylic oxidation sites excluding steroid dienone is 2. The van der Waals surface area contributed by atoms with Gasteiger partial charge in [0.2, 0.25) is 0 Å². The molecule has 0 unspecified atom stereocenters. The van der Waals surface area contributed by atoms with Gasteiger partial charge in [-0.15, -0.1) is 0 Å². The largest absolute Gasteiger partial charge is 0.267 e. The molecule has 0 saturated heterocycles. The maximum Gasteiger partial charge on any atom is 0.151 e. The van der Waals surface area contributed by atoms with Crippen molar-refractivity contribution in [2.75, 3.05) is 6.54 Å². The van der Waals surface area contributed by atoms with Crippen molar-refractivity contribution in [3.63, 3.8) is 0 Å². The van der Waals surface area contributed by atoms with Gasteiger partial charge in [0, 0.05) is 18.9 Å². The van der Waals surface area contributed by atoms with Gasteiger partial charge >= 0.3 is 0 Å². The first-order valence-electron chi connectivity index (χ1n) is 4.47. The van der Waals surface area contributed by atoms with Crippen LogP contribution in [0.3, 0.4) is 0 Å². The molecule has 0 bridgehead atoms. The van der Waals surface area contributed by atoms with Gasteiger partial charge in [-0.3, -0.25) is 4.99 Å². The fraction of sp³-hybridized carbons (Fsp3) is 0.400. The first-order valence-corrected chi connectivity index (χ1v) is 4.47. The molecule has 1 aromatic heterocycles. The lowest BCUT2D eigenvalue weighted by atomic mass is 10.2. The molecule has 3 heteroatoms. The van der Waals surface area contributed by atoms with Gasteiger partial charge in [-0.1, -0.05) is 6.08 Å². The number of hydrogen-bond acceptors (Lipinski definition) is 2. The molecule has 1 rings (SSSR count). The highest BCUT2D eigenvalue weighted by atomic mass is 15.3. The van der Waals surface area contributed by atoms with Gasteiger partial charge in [0.1, 0.15) is 0 Å². The minimum absolute atomic E-state index is 0.778. The Balaban J connectivity index is 3.01. The van der Waals surface area contributed by atoms with Crippen molar-refractivity contribution in [1.82, 2.24) is 9.78 Å². The van der Waals surface area contributed by atoms with E-state index in [1.807, 2.05) is 39.1 Å². The number of aromatic nitrogens is 2. The molecule has 70 valence electrons. The van der Waals surface area contributed by atoms with E-state index in [1.54, 1.807) is 10.9 Å². The SMILES string of the molecule is C/C=C(/C)C(=NCC)n1cccn1. The Morgan fingerprint density at radius 1 is 1.62 bits per heavy atom. The topological polar surface area (TPSA) is 30.2 Å². The molecule has 0 amide bonds. The predicted molar refractivity (Wildman–Crippen MR) is 55.0 cm³/mol. The summed E-state index contributed by atoms with van der Waals surface area (Å²) in [5.41, 5.74) is 1.14. The zero-order chi connectivity index (χ0) is 9.68. The second-order valence-corrected chi connectivity index (χ2v) is 2.72. The summed E-state index contributed by atoms with van der Waals surface area (Å²) in [6.45, 7) is 6.84. The smallest absolute Gasteiger partial charge is 0.151 e. The van der Waals surface area contributed by atoms with Crippen molar-refractivity contribution in [2.45, 2.75) is 20.8 Å². The van der Waals surface area contributed by atoms with Crippen LogP contribution in [-0.4, -0.2) is 22.2 Å². The first-order chi connectivity index (χ1) is 6.29. The van der Waals surface area contributed by atoms with E-state index in [2.05, 4.69) is 10.1 Å². The second-order valence-electron chi connectivity index (χ2n) is 2.72. The van der Waals surface area contributed by atoms with Crippen LogP contribution in [0.2, 0.25) is 0 Å². The number of aliphatic imine (C=N–C) groups is 1. The average molecular weight is 177 g/mol. The molecule has 1 heterocycles. The summed E-state index contributed by atoms with van der Waals surface area (Å²) in [5.74, 6) is 0.926. The van der Waals surface area contributed by atoms with Gasteiger partial charge in [0.15, 0.2) is 5.84 Å². The van der Waals surface area contributed by atoms with E-state index >= 15 is 0 Å². The molecule has 0 fully saturated rings. The first kappa shape index (κ1) is 9.71. The molecule has 0 radical (unpaired) electrons. The fourth-order valence-corrected chi connectivity index (χ4v) is 1.05. The summed E-state index contributed by atoms with van der Waals surface area (Å²) in [4.78, 5) is 4.39. The highest BCUT2D eigenvalue weighted by molar-refractivity contribution is 5.98. The van der Waals surface area contributed by atoms with Crippen molar-refractivity contribution in [3.8, 4) is 0 Å². The number of rotatable bonds is 2. The third-order valence-corrected chi connectivity index (χ3v) is 1.82. The average Bonchev–Trinajstić information content (AvgIpc) is 2.65. The highest BCUT2D eigenvalue weighted by Gasteiger charge is 2.02. The molecular weight excluding hydrogens is 162 g/mol. The van der Waals surface area contributed by atoms with E-state index in [0.717, 1.165) is 18.0 Å². The molecule has 0 aliphatic heterocycles. The third kappa shape index (κ3) is 2.28. The van der Waals surface area contributed by atoms with Gasteiger partial charge < -0.3 is 0 Å². The number of nitrogens with zero attached hydrogens (tertiary/aromatic N) is 3. The van der Waals surface area contributed by atoms with Gasteiger partial charge in [0.05, 0.1) is 0 Å². The van der Waals surface area contributed by atoms with Crippen molar-refractivity contribution in [3.05, 3.63) is 30.1 Å². The van der Waals surface area contributed by atoms with E-state index in [-0.39, 0.29) is 0 Å². The van der Waals surface area contributed by atoms with Gasteiger partial charge in [-0.25, -0.2) is 4.68 Å². The summed E-state index contributed by atoms with van der Waals surface area (Å²) in [6.07, 6.45) is 5.70. The Kier molecular flexibility index (Phi) is 3.43. The Morgan fingerprint density at radius 3 is 2.85 bits per heavy atom. The molecule has 0 aliphatic carbocycles. The van der Waals surface area contributed by atoms with Crippen LogP contribution in [0.1, 0.15) is 20.8 Å². The molecular formula is C10H15N3. The predicted octanol–water partition coefficient (Wildman–Crippen LogP) is 2.12. The molecule has 3 nitrogen and oxygen atoms in total.